The molecule has 0 rings (SSSR count). The molecule has 4 N–H and O–H groups in total. The summed E-state index contributed by atoms with van der Waals surface area (Å²) in [6.45, 7) is 0. The predicted octanol–water partition coefficient (Wildman–Crippen LogP) is -1.81. The molecular formula is H6FeMgO2. The minimum atomic E-state index is 0. The smallest absolute Gasteiger partial charge is 1.00 e. The maximum atomic E-state index is 0. The van der Waals surface area contributed by atoms with E-state index in [0.29, 0.717) is 0 Å². The zero-order valence-electron chi connectivity index (χ0n) is 4.06. The molecule has 4 heteroatoms. The van der Waals surface area contributed by atoms with E-state index < -0.39 is 0 Å². The third kappa shape index (κ3) is 10.7. The molecular weight excluding hydrogens is 112 g/mol. The van der Waals surface area contributed by atoms with Crippen LogP contribution in [0, 0.1) is 0 Å². The molecule has 0 saturated carbocycles. The third-order valence-electron chi connectivity index (χ3n) is 0. The Labute approximate surface area is 54.2 Å². The summed E-state index contributed by atoms with van der Waals surface area (Å²) >= 11 is 0. The molecule has 0 aliphatic rings. The van der Waals surface area contributed by atoms with E-state index in [1.165, 1.54) is 0 Å². The summed E-state index contributed by atoms with van der Waals surface area (Å²) in [7, 11) is 0. The first kappa shape index (κ1) is 63.3. The van der Waals surface area contributed by atoms with Crippen LogP contribution in [0.1, 0.15) is 2.85 Å². The van der Waals surface area contributed by atoms with Crippen LogP contribution in [0.4, 0.5) is 0 Å². The van der Waals surface area contributed by atoms with Crippen molar-refractivity contribution in [1.29, 1.82) is 0 Å². The second-order valence-electron chi connectivity index (χ2n) is 0. The molecule has 0 heterocycles. The van der Waals surface area contributed by atoms with Crippen LogP contribution in [-0.2, 0) is 17.1 Å². The SMILES string of the molecule is O.O.[Fe].[H-].[H-].[Mg+2]. The van der Waals surface area contributed by atoms with Gasteiger partial charge in [-0.3, -0.25) is 0 Å². The zero-order valence-corrected chi connectivity index (χ0v) is 4.58. The second-order valence-corrected chi connectivity index (χ2v) is 0. The van der Waals surface area contributed by atoms with Crippen LogP contribution < -0.4 is 0 Å². The van der Waals surface area contributed by atoms with Gasteiger partial charge in [0, 0.05) is 17.1 Å². The monoisotopic (exact) mass is 118 g/mol. The van der Waals surface area contributed by atoms with E-state index in [9.17, 15) is 0 Å². The van der Waals surface area contributed by atoms with Gasteiger partial charge in [0.15, 0.2) is 0 Å². The Bertz CT molecular complexity index is 11.5. The molecule has 0 aromatic rings. The topological polar surface area (TPSA) is 63.0 Å². The Kier molecular flexibility index (Phi) is 471. The molecule has 0 aromatic heterocycles. The zero-order chi connectivity index (χ0) is 0. The molecule has 0 spiro atoms. The van der Waals surface area contributed by atoms with Crippen LogP contribution in [-0.4, -0.2) is 34.0 Å². The maximum Gasteiger partial charge on any atom is 2.00 e. The van der Waals surface area contributed by atoms with Gasteiger partial charge in [0.1, 0.15) is 0 Å². The fourth-order valence-electron chi connectivity index (χ4n) is 0. The van der Waals surface area contributed by atoms with Crippen LogP contribution in [0.25, 0.3) is 0 Å². The van der Waals surface area contributed by atoms with Gasteiger partial charge in [-0.05, 0) is 0 Å². The van der Waals surface area contributed by atoms with E-state index in [0.717, 1.165) is 0 Å². The molecule has 0 amide bonds. The van der Waals surface area contributed by atoms with Gasteiger partial charge in [-0.1, -0.05) is 0 Å². The summed E-state index contributed by atoms with van der Waals surface area (Å²) in [6, 6.07) is 0. The second kappa shape index (κ2) is 29.7. The van der Waals surface area contributed by atoms with Crippen LogP contribution in [0.15, 0.2) is 0 Å². The van der Waals surface area contributed by atoms with Gasteiger partial charge in [-0.2, -0.15) is 0 Å². The summed E-state index contributed by atoms with van der Waals surface area (Å²) in [5.41, 5.74) is 0. The van der Waals surface area contributed by atoms with Gasteiger partial charge >= 0.3 is 23.1 Å². The Morgan fingerprint density at radius 3 is 1.00 bits per heavy atom. The van der Waals surface area contributed by atoms with E-state index >= 15 is 0 Å². The molecule has 0 unspecified atom stereocenters. The first-order chi connectivity index (χ1) is 0. The van der Waals surface area contributed by atoms with Crippen LogP contribution >= 0.6 is 0 Å². The molecule has 0 bridgehead atoms. The Hall–Kier alpha value is 1.21. The van der Waals surface area contributed by atoms with Crippen LogP contribution in [0.2, 0.25) is 0 Å². The predicted molar refractivity (Wildman–Crippen MR) is 15.2 cm³/mol. The molecule has 0 aliphatic carbocycles. The number of hydrogen-bond acceptors (Lipinski definition) is 0. The van der Waals surface area contributed by atoms with E-state index in [1.807, 2.05) is 0 Å². The molecule has 4 heavy (non-hydrogen) atoms. The molecule has 0 radical (unpaired) electrons. The summed E-state index contributed by atoms with van der Waals surface area (Å²) < 4.78 is 0. The van der Waals surface area contributed by atoms with Crippen molar-refractivity contribution in [3.63, 3.8) is 0 Å². The molecule has 0 aromatic carbocycles. The van der Waals surface area contributed by atoms with E-state index in [-0.39, 0.29) is 53.9 Å². The van der Waals surface area contributed by atoms with Gasteiger partial charge in [-0.15, -0.1) is 0 Å². The first-order valence-electron chi connectivity index (χ1n) is 0. The van der Waals surface area contributed by atoms with Crippen molar-refractivity contribution in [1.82, 2.24) is 0 Å². The van der Waals surface area contributed by atoms with E-state index in [4.69, 9.17) is 0 Å². The van der Waals surface area contributed by atoms with Crippen molar-refractivity contribution in [2.45, 2.75) is 0 Å². The molecule has 2 nitrogen and oxygen atoms in total. The van der Waals surface area contributed by atoms with E-state index in [1.54, 1.807) is 0 Å². The molecule has 0 saturated heterocycles. The van der Waals surface area contributed by atoms with Gasteiger partial charge in [0.25, 0.3) is 0 Å². The maximum absolute atomic E-state index is 0. The van der Waals surface area contributed by atoms with Crippen LogP contribution in [0.3, 0.4) is 0 Å². The van der Waals surface area contributed by atoms with Crippen molar-refractivity contribution < 1.29 is 30.9 Å². The Morgan fingerprint density at radius 1 is 1.00 bits per heavy atom. The minimum Gasteiger partial charge on any atom is -1.00 e. The van der Waals surface area contributed by atoms with Gasteiger partial charge in [0.05, 0.1) is 0 Å². The quantitative estimate of drug-likeness (QED) is 0.337. The van der Waals surface area contributed by atoms with Gasteiger partial charge in [-0.25, -0.2) is 0 Å². The fraction of sp³-hybridized carbons (Fsp3) is 0. The average molecular weight is 118 g/mol. The summed E-state index contributed by atoms with van der Waals surface area (Å²) in [6.07, 6.45) is 0. The molecule has 28 valence electrons. The molecule has 0 fully saturated rings. The first-order valence-corrected chi connectivity index (χ1v) is 0. The van der Waals surface area contributed by atoms with Crippen molar-refractivity contribution in [3.05, 3.63) is 0 Å². The Morgan fingerprint density at radius 2 is 1.00 bits per heavy atom. The normalized spacial score (nSPS) is 0. The van der Waals surface area contributed by atoms with Crippen LogP contribution in [0.5, 0.6) is 0 Å². The Balaban J connectivity index is 0. The van der Waals surface area contributed by atoms with Gasteiger partial charge in [0.2, 0.25) is 0 Å². The molecule has 0 aliphatic heterocycles. The van der Waals surface area contributed by atoms with Crippen molar-refractivity contribution in [2.75, 3.05) is 0 Å². The average Bonchev–Trinajstić information content (AvgIpc) is 0. The third-order valence-corrected chi connectivity index (χ3v) is 0. The standard InChI is InChI=1S/Fe.Mg.2H2O.2H/h;;2*1H2;;/q;+2;;;2*-1. The van der Waals surface area contributed by atoms with Gasteiger partial charge < -0.3 is 13.8 Å². The number of rotatable bonds is 0. The van der Waals surface area contributed by atoms with E-state index in [2.05, 4.69) is 0 Å². The summed E-state index contributed by atoms with van der Waals surface area (Å²) in [4.78, 5) is 0. The van der Waals surface area contributed by atoms with Crippen molar-refractivity contribution in [3.8, 4) is 0 Å². The van der Waals surface area contributed by atoms with Crippen molar-refractivity contribution in [2.24, 2.45) is 0 Å². The largest absolute Gasteiger partial charge is 2.00 e. The summed E-state index contributed by atoms with van der Waals surface area (Å²) in [5.74, 6) is 0. The molecule has 0 atom stereocenters. The fourth-order valence-corrected chi connectivity index (χ4v) is 0. The summed E-state index contributed by atoms with van der Waals surface area (Å²) in [5, 5.41) is 0. The minimum absolute atomic E-state index is 0. The van der Waals surface area contributed by atoms with Crippen molar-refractivity contribution >= 4 is 23.1 Å². The number of hydrogen-bond donors (Lipinski definition) is 0.